The van der Waals surface area contributed by atoms with Gasteiger partial charge in [0.1, 0.15) is 5.82 Å². The van der Waals surface area contributed by atoms with Gasteiger partial charge in [-0.15, -0.1) is 0 Å². The zero-order valence-electron chi connectivity index (χ0n) is 14.4. The number of pyridine rings is 1. The standard InChI is InChI=1S/C21H17N3O3/c25-19(23-16-3-1-2-10-22-16)12-6-8-15(9-7-12)24-20(26)17-13-4-5-14(11-13)18(17)21(24)27/h1-10,13-14,17-18H,11H2,(H,22,23,25)/t13-,14-,17+,18+/m1/s1. The molecule has 1 aromatic heterocycles. The van der Waals surface area contributed by atoms with Crippen molar-refractivity contribution in [3.05, 3.63) is 66.4 Å². The first kappa shape index (κ1) is 15.9. The van der Waals surface area contributed by atoms with Crippen molar-refractivity contribution in [2.75, 3.05) is 10.2 Å². The minimum atomic E-state index is -0.293. The molecule has 1 aromatic carbocycles. The van der Waals surface area contributed by atoms with Gasteiger partial charge in [0.2, 0.25) is 11.8 Å². The van der Waals surface area contributed by atoms with Crippen molar-refractivity contribution in [2.24, 2.45) is 23.7 Å². The first-order valence-corrected chi connectivity index (χ1v) is 9.02. The molecule has 2 aromatic rings. The van der Waals surface area contributed by atoms with E-state index in [1.54, 1.807) is 48.7 Å². The van der Waals surface area contributed by atoms with Crippen molar-refractivity contribution < 1.29 is 14.4 Å². The van der Waals surface area contributed by atoms with Gasteiger partial charge in [-0.05, 0) is 54.7 Å². The highest BCUT2D eigenvalue weighted by Gasteiger charge is 2.59. The molecule has 6 heteroatoms. The SMILES string of the molecule is O=C(Nc1ccccn1)c1ccc(N2C(=O)[C@@H]3[C@@H](C2=O)[C@@H]2C=C[C@@H]3C2)cc1. The summed E-state index contributed by atoms with van der Waals surface area (Å²) in [6.45, 7) is 0. The zero-order chi connectivity index (χ0) is 18.5. The Morgan fingerprint density at radius 1 is 0.963 bits per heavy atom. The van der Waals surface area contributed by atoms with E-state index in [1.165, 1.54) is 4.90 Å². The Hall–Kier alpha value is -3.28. The first-order valence-electron chi connectivity index (χ1n) is 9.02. The smallest absolute Gasteiger partial charge is 0.256 e. The van der Waals surface area contributed by atoms with Crippen LogP contribution < -0.4 is 10.2 Å². The van der Waals surface area contributed by atoms with Gasteiger partial charge in [-0.2, -0.15) is 0 Å². The van der Waals surface area contributed by atoms with E-state index in [2.05, 4.69) is 22.5 Å². The Morgan fingerprint density at radius 2 is 1.63 bits per heavy atom. The van der Waals surface area contributed by atoms with E-state index in [0.29, 0.717) is 17.1 Å². The van der Waals surface area contributed by atoms with Gasteiger partial charge in [0, 0.05) is 11.8 Å². The van der Waals surface area contributed by atoms with Crippen LogP contribution in [0.3, 0.4) is 0 Å². The molecule has 1 saturated carbocycles. The summed E-state index contributed by atoms with van der Waals surface area (Å²) in [7, 11) is 0. The maximum atomic E-state index is 12.8. The lowest BCUT2D eigenvalue weighted by Crippen LogP contribution is -2.32. The van der Waals surface area contributed by atoms with Crippen molar-refractivity contribution in [1.29, 1.82) is 0 Å². The second-order valence-corrected chi connectivity index (χ2v) is 7.23. The molecule has 1 saturated heterocycles. The van der Waals surface area contributed by atoms with Crippen LogP contribution in [0.25, 0.3) is 0 Å². The molecule has 4 atom stereocenters. The Balaban J connectivity index is 1.36. The maximum absolute atomic E-state index is 12.8. The quantitative estimate of drug-likeness (QED) is 0.675. The molecular formula is C21H17N3O3. The Labute approximate surface area is 155 Å². The fourth-order valence-corrected chi connectivity index (χ4v) is 4.54. The fraction of sp³-hybridized carbons (Fsp3) is 0.238. The maximum Gasteiger partial charge on any atom is 0.256 e. The number of aromatic nitrogens is 1. The molecule has 2 fully saturated rings. The topological polar surface area (TPSA) is 79.4 Å². The minimum absolute atomic E-state index is 0.118. The number of rotatable bonds is 3. The third-order valence-corrected chi connectivity index (χ3v) is 5.76. The van der Waals surface area contributed by atoms with Crippen LogP contribution in [0, 0.1) is 23.7 Å². The van der Waals surface area contributed by atoms with Crippen LogP contribution in [0.2, 0.25) is 0 Å². The average Bonchev–Trinajstić information content (AvgIpc) is 3.37. The Kier molecular flexibility index (Phi) is 3.47. The molecule has 2 aliphatic carbocycles. The van der Waals surface area contributed by atoms with E-state index in [4.69, 9.17) is 0 Å². The van der Waals surface area contributed by atoms with Gasteiger partial charge in [-0.1, -0.05) is 18.2 Å². The number of hydrogen-bond acceptors (Lipinski definition) is 4. The molecule has 2 bridgehead atoms. The molecule has 0 spiro atoms. The molecule has 0 radical (unpaired) electrons. The molecule has 0 unspecified atom stereocenters. The van der Waals surface area contributed by atoms with E-state index < -0.39 is 0 Å². The van der Waals surface area contributed by atoms with Crippen LogP contribution in [0.15, 0.2) is 60.8 Å². The van der Waals surface area contributed by atoms with Gasteiger partial charge in [-0.25, -0.2) is 4.98 Å². The highest BCUT2D eigenvalue weighted by Crippen LogP contribution is 2.53. The molecule has 134 valence electrons. The highest BCUT2D eigenvalue weighted by molar-refractivity contribution is 6.23. The van der Waals surface area contributed by atoms with Crippen LogP contribution in [0.5, 0.6) is 0 Å². The average molecular weight is 359 g/mol. The number of allylic oxidation sites excluding steroid dienone is 2. The van der Waals surface area contributed by atoms with Crippen molar-refractivity contribution in [1.82, 2.24) is 4.98 Å². The van der Waals surface area contributed by atoms with Crippen molar-refractivity contribution in [3.63, 3.8) is 0 Å². The summed E-state index contributed by atoms with van der Waals surface area (Å²) in [4.78, 5) is 43.3. The summed E-state index contributed by atoms with van der Waals surface area (Å²) >= 11 is 0. The van der Waals surface area contributed by atoms with Crippen LogP contribution >= 0.6 is 0 Å². The monoisotopic (exact) mass is 359 g/mol. The Morgan fingerprint density at radius 3 is 2.22 bits per heavy atom. The second-order valence-electron chi connectivity index (χ2n) is 7.23. The van der Waals surface area contributed by atoms with E-state index in [1.807, 2.05) is 0 Å². The summed E-state index contributed by atoms with van der Waals surface area (Å²) in [6.07, 6.45) is 6.66. The largest absolute Gasteiger partial charge is 0.307 e. The lowest BCUT2D eigenvalue weighted by molar-refractivity contribution is -0.123. The van der Waals surface area contributed by atoms with Crippen molar-refractivity contribution in [3.8, 4) is 0 Å². The number of imide groups is 1. The summed E-state index contributed by atoms with van der Waals surface area (Å²) in [5.74, 6) is -0.139. The van der Waals surface area contributed by atoms with Crippen LogP contribution in [-0.4, -0.2) is 22.7 Å². The summed E-state index contributed by atoms with van der Waals surface area (Å²) in [6, 6.07) is 11.8. The molecule has 3 aliphatic rings. The Bertz CT molecular complexity index is 938. The number of nitrogens with one attached hydrogen (secondary N) is 1. The van der Waals surface area contributed by atoms with Crippen LogP contribution in [0.1, 0.15) is 16.8 Å². The number of fused-ring (bicyclic) bond motifs is 5. The molecule has 1 aliphatic heterocycles. The number of anilines is 2. The number of carbonyl (C=O) groups excluding carboxylic acids is 3. The van der Waals surface area contributed by atoms with E-state index in [9.17, 15) is 14.4 Å². The van der Waals surface area contributed by atoms with Gasteiger partial charge in [0.25, 0.3) is 5.91 Å². The third-order valence-electron chi connectivity index (χ3n) is 5.76. The molecule has 5 rings (SSSR count). The molecule has 1 N–H and O–H groups in total. The van der Waals surface area contributed by atoms with E-state index in [-0.39, 0.29) is 41.4 Å². The number of carbonyl (C=O) groups is 3. The highest BCUT2D eigenvalue weighted by atomic mass is 16.2. The van der Waals surface area contributed by atoms with Gasteiger partial charge in [0.15, 0.2) is 0 Å². The van der Waals surface area contributed by atoms with Crippen LogP contribution in [0.4, 0.5) is 11.5 Å². The molecular weight excluding hydrogens is 342 g/mol. The lowest BCUT2D eigenvalue weighted by Gasteiger charge is -2.17. The zero-order valence-corrected chi connectivity index (χ0v) is 14.4. The number of benzene rings is 1. The summed E-state index contributed by atoms with van der Waals surface area (Å²) in [5, 5.41) is 2.71. The second kappa shape index (κ2) is 5.87. The van der Waals surface area contributed by atoms with Gasteiger partial charge < -0.3 is 5.32 Å². The third kappa shape index (κ3) is 2.40. The van der Waals surface area contributed by atoms with Crippen molar-refractivity contribution in [2.45, 2.75) is 6.42 Å². The van der Waals surface area contributed by atoms with E-state index in [0.717, 1.165) is 6.42 Å². The minimum Gasteiger partial charge on any atom is -0.307 e. The molecule has 3 amide bonds. The predicted octanol–water partition coefficient (Wildman–Crippen LogP) is 2.65. The van der Waals surface area contributed by atoms with Crippen molar-refractivity contribution >= 4 is 29.2 Å². The number of amides is 3. The normalized spacial score (nSPS) is 27.9. The number of hydrogen-bond donors (Lipinski definition) is 1. The van der Waals surface area contributed by atoms with Gasteiger partial charge >= 0.3 is 0 Å². The predicted molar refractivity (Wildman–Crippen MR) is 98.8 cm³/mol. The number of nitrogens with zero attached hydrogens (tertiary/aromatic N) is 2. The summed E-state index contributed by atoms with van der Waals surface area (Å²) < 4.78 is 0. The van der Waals surface area contributed by atoms with Crippen LogP contribution in [-0.2, 0) is 9.59 Å². The summed E-state index contributed by atoms with van der Waals surface area (Å²) in [5.41, 5.74) is 0.957. The molecule has 6 nitrogen and oxygen atoms in total. The fourth-order valence-electron chi connectivity index (χ4n) is 4.54. The van der Waals surface area contributed by atoms with Gasteiger partial charge in [-0.3, -0.25) is 19.3 Å². The lowest BCUT2D eigenvalue weighted by atomic mass is 9.85. The molecule has 2 heterocycles. The molecule has 27 heavy (non-hydrogen) atoms. The van der Waals surface area contributed by atoms with E-state index >= 15 is 0 Å². The first-order chi connectivity index (χ1) is 13.1. The van der Waals surface area contributed by atoms with Gasteiger partial charge in [0.05, 0.1) is 17.5 Å².